The normalized spacial score (nSPS) is 13.2. The van der Waals surface area contributed by atoms with E-state index in [0.29, 0.717) is 26.7 Å². The second-order valence-corrected chi connectivity index (χ2v) is 19.8. The number of hydrogen-bond acceptors (Lipinski definition) is 18. The summed E-state index contributed by atoms with van der Waals surface area (Å²) in [5.41, 5.74) is 1.08. The predicted octanol–water partition coefficient (Wildman–Crippen LogP) is 4.60. The number of aliphatic hydroxyl groups is 2. The van der Waals surface area contributed by atoms with Gasteiger partial charge in [0.1, 0.15) is 33.5 Å². The van der Waals surface area contributed by atoms with E-state index in [1.807, 2.05) is 0 Å². The van der Waals surface area contributed by atoms with Crippen LogP contribution in [0.3, 0.4) is 0 Å². The first-order chi connectivity index (χ1) is 40.0. The average molecular weight is 1210 g/mol. The van der Waals surface area contributed by atoms with Gasteiger partial charge in [-0.25, -0.2) is 40.6 Å². The van der Waals surface area contributed by atoms with Crippen molar-refractivity contribution in [1.29, 1.82) is 0 Å². The summed E-state index contributed by atoms with van der Waals surface area (Å²) >= 11 is 0. The fraction of sp³-hybridized carbons (Fsp3) is 0.429. The molecule has 4 aromatic carbocycles. The standard InChI is InChI=1S/C56H71F3N4O18S2/c1-5-78-55(68)38(3)33-40-7-16-49(46(57)35-40)80-42-8-12-44(13-9-42)82(70)62-19-23-74-27-31-76-29-25-72-21-17-60-53(66)50(64)51(65)54(67)61-18-22-73-26-30-77-32-28-75-24-20-63-83(71)45-14-10-43(11-15-45)81-52-47(58)36-41(37-48(52)59)34-39(4)56(69)79-6-2/h7-16,33-37,50-51,62-65H,5-6,17-32H2,1-4H3,(H,60,66)(H,61,67)/b38-33+,39-34+. The molecule has 0 radical (unpaired) electrons. The Balaban J connectivity index is 0.916. The van der Waals surface area contributed by atoms with Crippen LogP contribution in [0.2, 0.25) is 0 Å². The lowest BCUT2D eigenvalue weighted by Crippen LogP contribution is -2.50. The van der Waals surface area contributed by atoms with Gasteiger partial charge < -0.3 is 68.2 Å². The number of hydrogen-bond donors (Lipinski definition) is 6. The van der Waals surface area contributed by atoms with Crippen molar-refractivity contribution in [1.82, 2.24) is 20.1 Å². The number of benzene rings is 4. The zero-order chi connectivity index (χ0) is 60.4. The maximum atomic E-state index is 14.7. The van der Waals surface area contributed by atoms with Gasteiger partial charge in [0.2, 0.25) is 0 Å². The Morgan fingerprint density at radius 3 is 1.25 bits per heavy atom. The largest absolute Gasteiger partial charge is 0.463 e. The topological polar surface area (TPSA) is 283 Å². The van der Waals surface area contributed by atoms with Crippen LogP contribution in [-0.4, -0.2) is 173 Å². The zero-order valence-corrected chi connectivity index (χ0v) is 48.1. The molecule has 6 N–H and O–H groups in total. The highest BCUT2D eigenvalue weighted by molar-refractivity contribution is 7.83. The van der Waals surface area contributed by atoms with Crippen molar-refractivity contribution in [3.8, 4) is 23.0 Å². The molecule has 27 heteroatoms. The molecule has 4 aromatic rings. The molecule has 0 saturated carbocycles. The van der Waals surface area contributed by atoms with E-state index in [2.05, 4.69) is 20.1 Å². The molecule has 4 atom stereocenters. The van der Waals surface area contributed by atoms with Crippen molar-refractivity contribution in [2.45, 2.75) is 49.7 Å². The second-order valence-electron chi connectivity index (χ2n) is 17.2. The highest BCUT2D eigenvalue weighted by Crippen LogP contribution is 2.30. The van der Waals surface area contributed by atoms with E-state index in [1.165, 1.54) is 55.5 Å². The molecule has 2 amide bonds. The van der Waals surface area contributed by atoms with E-state index in [9.17, 15) is 51.0 Å². The van der Waals surface area contributed by atoms with Gasteiger partial charge in [-0.15, -0.1) is 0 Å². The number of aliphatic hydroxyl groups excluding tert-OH is 2. The SMILES string of the molecule is CCOC(=O)/C(C)=C/c1ccc(Oc2ccc(S(=O)NCCOCCOCCOCCNC(=O)C(O)C(O)C(=O)NCCOCCOCCOCCNS(=O)c3ccc(Oc4c(F)cc(/C=C(\C)C(=O)OCC)cc4F)cc3)cc2)c(F)c1. The third-order valence-electron chi connectivity index (χ3n) is 10.8. The Hall–Kier alpha value is -6.47. The number of carbonyl (C=O) groups excluding carboxylic acids is 4. The third-order valence-corrected chi connectivity index (χ3v) is 13.2. The fourth-order valence-corrected chi connectivity index (χ4v) is 8.35. The van der Waals surface area contributed by atoms with Gasteiger partial charge in [-0.2, -0.15) is 0 Å². The van der Waals surface area contributed by atoms with Crippen molar-refractivity contribution in [2.75, 3.05) is 119 Å². The van der Waals surface area contributed by atoms with Crippen LogP contribution >= 0.6 is 0 Å². The Bertz CT molecular complexity index is 2760. The van der Waals surface area contributed by atoms with Gasteiger partial charge in [-0.05, 0) is 124 Å². The summed E-state index contributed by atoms with van der Waals surface area (Å²) in [6.45, 7) is 9.64. The van der Waals surface area contributed by atoms with Crippen molar-refractivity contribution >= 4 is 57.9 Å². The van der Waals surface area contributed by atoms with Crippen LogP contribution in [0.4, 0.5) is 13.2 Å². The fourth-order valence-electron chi connectivity index (χ4n) is 6.72. The van der Waals surface area contributed by atoms with Crippen LogP contribution in [0, 0.1) is 17.5 Å². The summed E-state index contributed by atoms with van der Waals surface area (Å²) in [6.07, 6.45) is -1.24. The molecule has 456 valence electrons. The minimum atomic E-state index is -2.03. The van der Waals surface area contributed by atoms with Crippen LogP contribution in [0.25, 0.3) is 12.2 Å². The first kappa shape index (κ1) is 69.0. The Morgan fingerprint density at radius 1 is 0.494 bits per heavy atom. The van der Waals surface area contributed by atoms with E-state index < -0.39 is 81.1 Å². The van der Waals surface area contributed by atoms with Gasteiger partial charge in [0, 0.05) is 37.3 Å². The highest BCUT2D eigenvalue weighted by atomic mass is 32.2. The molecule has 0 aliphatic heterocycles. The number of ether oxygens (including phenoxy) is 10. The summed E-state index contributed by atoms with van der Waals surface area (Å²) in [6, 6.07) is 18.4. The number of rotatable bonds is 41. The Kier molecular flexibility index (Phi) is 32.6. The molecule has 0 spiro atoms. The molecule has 0 fully saturated rings. The molecule has 83 heavy (non-hydrogen) atoms. The lowest BCUT2D eigenvalue weighted by atomic mass is 10.1. The third kappa shape index (κ3) is 26.3. The van der Waals surface area contributed by atoms with Gasteiger partial charge in [0.25, 0.3) is 11.8 Å². The molecular weight excluding hydrogens is 1140 g/mol. The Morgan fingerprint density at radius 2 is 0.855 bits per heavy atom. The Labute approximate surface area is 484 Å². The molecule has 4 unspecified atom stereocenters. The van der Waals surface area contributed by atoms with E-state index in [0.717, 1.165) is 12.1 Å². The van der Waals surface area contributed by atoms with E-state index in [1.54, 1.807) is 51.1 Å². The van der Waals surface area contributed by atoms with Gasteiger partial charge in [0.15, 0.2) is 41.2 Å². The van der Waals surface area contributed by atoms with Gasteiger partial charge in [-0.1, -0.05) is 6.07 Å². The van der Waals surface area contributed by atoms with E-state index in [-0.39, 0.29) is 141 Å². The smallest absolute Gasteiger partial charge is 0.333 e. The van der Waals surface area contributed by atoms with Crippen molar-refractivity contribution in [3.63, 3.8) is 0 Å². The average Bonchev–Trinajstić information content (AvgIpc) is 3.65. The first-order valence-electron chi connectivity index (χ1n) is 26.2. The lowest BCUT2D eigenvalue weighted by Gasteiger charge is -2.17. The lowest BCUT2D eigenvalue weighted by molar-refractivity contribution is -0.146. The molecule has 22 nitrogen and oxygen atoms in total. The summed E-state index contributed by atoms with van der Waals surface area (Å²) in [5.74, 6) is -5.85. The monoisotopic (exact) mass is 1210 g/mol. The number of halogens is 3. The maximum Gasteiger partial charge on any atom is 0.333 e. The minimum absolute atomic E-state index is 0.0122. The van der Waals surface area contributed by atoms with Crippen LogP contribution < -0.4 is 29.6 Å². The van der Waals surface area contributed by atoms with Crippen LogP contribution in [-0.2, 0) is 79.0 Å². The summed E-state index contributed by atoms with van der Waals surface area (Å²) in [7, 11) is -3.17. The second kappa shape index (κ2) is 39.1. The molecule has 0 heterocycles. The van der Waals surface area contributed by atoms with E-state index >= 15 is 0 Å². The van der Waals surface area contributed by atoms with Crippen LogP contribution in [0.5, 0.6) is 23.0 Å². The molecule has 0 aliphatic rings. The predicted molar refractivity (Wildman–Crippen MR) is 298 cm³/mol. The van der Waals surface area contributed by atoms with Gasteiger partial charge in [0.05, 0.1) is 102 Å². The van der Waals surface area contributed by atoms with Crippen LogP contribution in [0.15, 0.2) is 99.8 Å². The van der Waals surface area contributed by atoms with Gasteiger partial charge in [-0.3, -0.25) is 9.59 Å². The highest BCUT2D eigenvalue weighted by Gasteiger charge is 2.30. The van der Waals surface area contributed by atoms with Crippen molar-refractivity contribution in [3.05, 3.63) is 119 Å². The minimum Gasteiger partial charge on any atom is -0.463 e. The number of amides is 2. The van der Waals surface area contributed by atoms with Crippen molar-refractivity contribution < 1.29 is 98.3 Å². The van der Waals surface area contributed by atoms with Crippen molar-refractivity contribution in [2.24, 2.45) is 0 Å². The molecule has 0 bridgehead atoms. The summed E-state index contributed by atoms with van der Waals surface area (Å²) in [5, 5.41) is 25.0. The number of esters is 2. The molecule has 4 rings (SSSR count). The number of nitrogens with one attached hydrogen (secondary N) is 4. The van der Waals surface area contributed by atoms with Crippen LogP contribution in [0.1, 0.15) is 38.8 Å². The zero-order valence-electron chi connectivity index (χ0n) is 46.4. The number of carbonyl (C=O) groups is 4. The first-order valence-corrected chi connectivity index (χ1v) is 28.5. The molecule has 0 saturated heterocycles. The maximum absolute atomic E-state index is 14.7. The molecule has 0 aromatic heterocycles. The van der Waals surface area contributed by atoms with E-state index in [4.69, 9.17) is 47.4 Å². The summed E-state index contributed by atoms with van der Waals surface area (Å²) in [4.78, 5) is 49.0. The quantitative estimate of drug-likeness (QED) is 0.0201. The summed E-state index contributed by atoms with van der Waals surface area (Å²) < 4.78 is 129. The molecular formula is C56H71F3N4O18S2. The molecule has 0 aliphatic carbocycles. The van der Waals surface area contributed by atoms with Gasteiger partial charge >= 0.3 is 11.9 Å².